The maximum absolute atomic E-state index is 7.10. The molecule has 0 aliphatic rings. The van der Waals surface area contributed by atoms with E-state index in [1.807, 2.05) is 0 Å². The predicted octanol–water partition coefficient (Wildman–Crippen LogP) is 9.80. The molecule has 0 spiro atoms. The van der Waals surface area contributed by atoms with Gasteiger partial charge in [-0.3, -0.25) is 8.68 Å². The summed E-state index contributed by atoms with van der Waals surface area (Å²) in [6, 6.07) is 38.3. The topological polar surface area (TPSA) is 28.3 Å². The average Bonchev–Trinajstić information content (AvgIpc) is 3.76. The van der Waals surface area contributed by atoms with Gasteiger partial charge in [0.1, 0.15) is 11.5 Å². The lowest BCUT2D eigenvalue weighted by atomic mass is 9.87. The van der Waals surface area contributed by atoms with E-state index in [0.717, 1.165) is 44.4 Å². The van der Waals surface area contributed by atoms with Crippen molar-refractivity contribution in [1.29, 1.82) is 0 Å². The van der Waals surface area contributed by atoms with Crippen LogP contribution in [0.3, 0.4) is 0 Å². The predicted molar refractivity (Wildman–Crippen MR) is 186 cm³/mol. The summed E-state index contributed by atoms with van der Waals surface area (Å²) in [6.07, 6.45) is 8.37. The minimum Gasteiger partial charge on any atom is -0.448 e. The van der Waals surface area contributed by atoms with E-state index >= 15 is 0 Å². The third kappa shape index (κ3) is 6.39. The van der Waals surface area contributed by atoms with E-state index in [1.165, 1.54) is 11.1 Å². The average molecular weight is 617 g/mol. The van der Waals surface area contributed by atoms with E-state index in [0.29, 0.717) is 0 Å². The van der Waals surface area contributed by atoms with Crippen molar-refractivity contribution in [1.82, 2.24) is 8.68 Å². The van der Waals surface area contributed by atoms with E-state index in [1.54, 1.807) is 0 Å². The highest BCUT2D eigenvalue weighted by Gasteiger charge is 2.27. The lowest BCUT2D eigenvalue weighted by Crippen LogP contribution is -2.14. The second-order valence-electron chi connectivity index (χ2n) is 11.2. The first-order chi connectivity index (χ1) is 21.4. The number of aryl methyl sites for hydroxylation is 4. The van der Waals surface area contributed by atoms with Gasteiger partial charge in [-0.05, 0) is 87.4 Å². The van der Waals surface area contributed by atoms with Crippen LogP contribution in [0.2, 0.25) is 0 Å². The normalized spacial score (nSPS) is 13.3. The number of hydrogen-bond donors (Lipinski definition) is 0. The number of hydrogen-bond acceptors (Lipinski definition) is 2. The molecule has 2 atom stereocenters. The number of rotatable bonds is 10. The molecule has 2 aromatic heterocycles. The SMILES string of the molecule is Cc1cc(C)c(OP(c2ccccc2)n2cccc2)c(C(C)c2cc(C)cc(C)c2OP(c2ccccc2)n2cccc2)c1. The number of nitrogens with zero attached hydrogens (tertiary/aromatic N) is 2. The maximum Gasteiger partial charge on any atom is 0.229 e. The van der Waals surface area contributed by atoms with Crippen molar-refractivity contribution in [3.63, 3.8) is 0 Å². The summed E-state index contributed by atoms with van der Waals surface area (Å²) >= 11 is 0. The Morgan fingerprint density at radius 2 is 0.864 bits per heavy atom. The third-order valence-corrected chi connectivity index (χ3v) is 11.3. The monoisotopic (exact) mass is 616 g/mol. The standard InChI is InChI=1S/C38H38N2O2P2/c1-28-24-30(3)37(41-43(39-20-12-13-21-39)33-16-8-6-9-17-33)35(26-28)32(5)36-27-29(2)25-31(4)38(36)42-44(40-22-14-15-23-40)34-18-10-7-11-19-34/h6-27,32H,1-5H3. The van der Waals surface area contributed by atoms with E-state index in [-0.39, 0.29) is 5.92 Å². The molecule has 0 amide bonds. The van der Waals surface area contributed by atoms with E-state index < -0.39 is 16.6 Å². The molecule has 0 aliphatic carbocycles. The lowest BCUT2D eigenvalue weighted by molar-refractivity contribution is 0.578. The summed E-state index contributed by atoms with van der Waals surface area (Å²) in [5, 5.41) is 2.32. The quantitative estimate of drug-likeness (QED) is 0.143. The molecule has 0 saturated heterocycles. The molecule has 6 heteroatoms. The van der Waals surface area contributed by atoms with Gasteiger partial charge < -0.3 is 9.05 Å². The van der Waals surface area contributed by atoms with Crippen LogP contribution in [0, 0.1) is 27.7 Å². The van der Waals surface area contributed by atoms with Crippen molar-refractivity contribution in [2.75, 3.05) is 0 Å². The molecule has 4 nitrogen and oxygen atoms in total. The van der Waals surface area contributed by atoms with Crippen LogP contribution < -0.4 is 19.7 Å². The number of aromatic nitrogens is 2. The van der Waals surface area contributed by atoms with E-state index in [9.17, 15) is 0 Å². The molecule has 0 aliphatic heterocycles. The molecule has 0 saturated carbocycles. The van der Waals surface area contributed by atoms with Crippen LogP contribution in [0.15, 0.2) is 134 Å². The molecule has 0 radical (unpaired) electrons. The second-order valence-corrected chi connectivity index (χ2v) is 14.7. The minimum absolute atomic E-state index is 0.0202. The van der Waals surface area contributed by atoms with Crippen LogP contribution in [0.1, 0.15) is 46.2 Å². The summed E-state index contributed by atoms with van der Waals surface area (Å²) in [5.74, 6) is 1.90. The summed E-state index contributed by atoms with van der Waals surface area (Å²) in [7, 11) is -2.26. The van der Waals surface area contributed by atoms with Crippen molar-refractivity contribution in [3.8, 4) is 11.5 Å². The smallest absolute Gasteiger partial charge is 0.229 e. The summed E-state index contributed by atoms with van der Waals surface area (Å²) in [5.41, 5.74) is 7.03. The van der Waals surface area contributed by atoms with Gasteiger partial charge in [-0.2, -0.15) is 0 Å². The molecule has 2 heterocycles. The molecule has 0 N–H and O–H groups in total. The highest BCUT2D eigenvalue weighted by molar-refractivity contribution is 7.60. The zero-order chi connectivity index (χ0) is 30.6. The Hall–Kier alpha value is -4.10. The van der Waals surface area contributed by atoms with Gasteiger partial charge in [-0.25, -0.2) is 0 Å². The molecule has 4 aromatic carbocycles. The fourth-order valence-electron chi connectivity index (χ4n) is 5.68. The fourth-order valence-corrected chi connectivity index (χ4v) is 9.10. The second kappa shape index (κ2) is 13.3. The molecule has 222 valence electrons. The van der Waals surface area contributed by atoms with Gasteiger partial charge in [0.15, 0.2) is 0 Å². The zero-order valence-electron chi connectivity index (χ0n) is 25.9. The first kappa shape index (κ1) is 29.9. The molecule has 44 heavy (non-hydrogen) atoms. The Kier molecular flexibility index (Phi) is 9.03. The van der Waals surface area contributed by atoms with Crippen molar-refractivity contribution in [2.24, 2.45) is 0 Å². The lowest BCUT2D eigenvalue weighted by Gasteiger charge is -2.28. The molecule has 6 aromatic rings. The van der Waals surface area contributed by atoms with Gasteiger partial charge in [-0.1, -0.05) is 78.7 Å². The maximum atomic E-state index is 7.10. The minimum atomic E-state index is -1.13. The van der Waals surface area contributed by atoms with E-state index in [4.69, 9.17) is 9.05 Å². The molecular formula is C38H38N2O2P2. The Morgan fingerprint density at radius 3 is 1.23 bits per heavy atom. The van der Waals surface area contributed by atoms with Crippen LogP contribution in [0.4, 0.5) is 0 Å². The third-order valence-electron chi connectivity index (χ3n) is 7.73. The van der Waals surface area contributed by atoms with Crippen LogP contribution in [-0.4, -0.2) is 8.68 Å². The fraction of sp³-hybridized carbons (Fsp3) is 0.158. The van der Waals surface area contributed by atoms with Crippen LogP contribution in [0.25, 0.3) is 0 Å². The summed E-state index contributed by atoms with van der Waals surface area (Å²) < 4.78 is 18.6. The highest BCUT2D eigenvalue weighted by atomic mass is 31.2. The van der Waals surface area contributed by atoms with Crippen molar-refractivity contribution < 1.29 is 9.05 Å². The van der Waals surface area contributed by atoms with E-state index in [2.05, 4.69) is 177 Å². The van der Waals surface area contributed by atoms with Crippen LogP contribution in [0.5, 0.6) is 11.5 Å². The van der Waals surface area contributed by atoms with Crippen LogP contribution in [-0.2, 0) is 0 Å². The molecule has 0 fully saturated rings. The van der Waals surface area contributed by atoms with Crippen molar-refractivity contribution >= 4 is 27.2 Å². The Labute approximate surface area is 263 Å². The summed E-state index contributed by atoms with van der Waals surface area (Å²) in [4.78, 5) is 0. The highest BCUT2D eigenvalue weighted by Crippen LogP contribution is 2.49. The Bertz CT molecular complexity index is 1680. The molecule has 6 rings (SSSR count). The van der Waals surface area contributed by atoms with Crippen molar-refractivity contribution in [3.05, 3.63) is 167 Å². The van der Waals surface area contributed by atoms with Gasteiger partial charge in [0.25, 0.3) is 0 Å². The van der Waals surface area contributed by atoms with Gasteiger partial charge in [0, 0.05) is 52.4 Å². The molecular weight excluding hydrogens is 578 g/mol. The van der Waals surface area contributed by atoms with Crippen LogP contribution >= 0.6 is 16.6 Å². The zero-order valence-corrected chi connectivity index (χ0v) is 27.7. The van der Waals surface area contributed by atoms with Gasteiger partial charge in [0.2, 0.25) is 16.6 Å². The largest absolute Gasteiger partial charge is 0.448 e. The van der Waals surface area contributed by atoms with Gasteiger partial charge in [0.05, 0.1) is 0 Å². The Morgan fingerprint density at radius 1 is 0.500 bits per heavy atom. The first-order valence-corrected chi connectivity index (χ1v) is 17.4. The van der Waals surface area contributed by atoms with Gasteiger partial charge >= 0.3 is 0 Å². The van der Waals surface area contributed by atoms with Crippen molar-refractivity contribution in [2.45, 2.75) is 40.5 Å². The number of benzene rings is 4. The first-order valence-electron chi connectivity index (χ1n) is 14.9. The van der Waals surface area contributed by atoms with Gasteiger partial charge in [-0.15, -0.1) is 0 Å². The summed E-state index contributed by atoms with van der Waals surface area (Å²) in [6.45, 7) is 10.9. The molecule has 0 bridgehead atoms. The Balaban J connectivity index is 1.45. The molecule has 2 unspecified atom stereocenters.